The second-order valence-corrected chi connectivity index (χ2v) is 8.40. The molecule has 156 valence electrons. The predicted octanol–water partition coefficient (Wildman–Crippen LogP) is 3.67. The summed E-state index contributed by atoms with van der Waals surface area (Å²) in [6, 6.07) is 7.86. The maximum absolute atomic E-state index is 13.0. The van der Waals surface area contributed by atoms with Gasteiger partial charge in [-0.2, -0.15) is 4.98 Å². The Hall–Kier alpha value is -2.12. The first-order valence-corrected chi connectivity index (χ1v) is 10.6. The molecule has 0 radical (unpaired) electrons. The van der Waals surface area contributed by atoms with Gasteiger partial charge in [0.15, 0.2) is 5.82 Å². The van der Waals surface area contributed by atoms with Crippen LogP contribution < -0.4 is 5.32 Å². The molecule has 0 spiro atoms. The van der Waals surface area contributed by atoms with Gasteiger partial charge in [0.1, 0.15) is 0 Å². The van der Waals surface area contributed by atoms with Crippen LogP contribution in [-0.4, -0.2) is 53.9 Å². The summed E-state index contributed by atoms with van der Waals surface area (Å²) in [4.78, 5) is 19.2. The summed E-state index contributed by atoms with van der Waals surface area (Å²) in [5, 5.41) is 7.80. The van der Waals surface area contributed by atoms with Crippen LogP contribution >= 0.6 is 11.6 Å². The van der Waals surface area contributed by atoms with Crippen molar-refractivity contribution in [2.24, 2.45) is 0 Å². The molecular weight excluding hydrogens is 392 g/mol. The van der Waals surface area contributed by atoms with Crippen LogP contribution in [0.3, 0.4) is 0 Å². The van der Waals surface area contributed by atoms with Crippen molar-refractivity contribution in [3.63, 3.8) is 0 Å². The average molecular weight is 419 g/mol. The Balaban J connectivity index is 1.43. The second-order valence-electron chi connectivity index (χ2n) is 8.00. The molecule has 1 atom stereocenters. The summed E-state index contributed by atoms with van der Waals surface area (Å²) in [5.74, 6) is 1.34. The van der Waals surface area contributed by atoms with E-state index < -0.39 is 0 Å². The summed E-state index contributed by atoms with van der Waals surface area (Å²) in [6.07, 6.45) is 3.54. The Kier molecular flexibility index (Phi) is 6.06. The van der Waals surface area contributed by atoms with Gasteiger partial charge in [-0.1, -0.05) is 35.0 Å². The maximum Gasteiger partial charge on any atom is 0.317 e. The lowest BCUT2D eigenvalue weighted by molar-refractivity contribution is 0.0499. The van der Waals surface area contributed by atoms with Crippen molar-refractivity contribution < 1.29 is 14.1 Å². The summed E-state index contributed by atoms with van der Waals surface area (Å²) < 4.78 is 10.9. The van der Waals surface area contributed by atoms with E-state index in [1.54, 1.807) is 0 Å². The number of likely N-dealkylation sites (tertiary alicyclic amines) is 1. The van der Waals surface area contributed by atoms with E-state index in [9.17, 15) is 4.79 Å². The van der Waals surface area contributed by atoms with E-state index in [0.717, 1.165) is 42.8 Å². The number of benzene rings is 1. The van der Waals surface area contributed by atoms with Crippen molar-refractivity contribution in [3.8, 4) is 0 Å². The van der Waals surface area contributed by atoms with Gasteiger partial charge in [0, 0.05) is 43.3 Å². The second kappa shape index (κ2) is 8.71. The average Bonchev–Trinajstić information content (AvgIpc) is 3.19. The topological polar surface area (TPSA) is 80.5 Å². The first-order chi connectivity index (χ1) is 14.1. The summed E-state index contributed by atoms with van der Waals surface area (Å²) in [6.45, 7) is 5.02. The normalized spacial score (nSPS) is 21.7. The standard InChI is InChI=1S/C21H27ClN4O3/c1-15-24-19(29-25-15)16-5-4-10-26(13-16)20(27)23-14-21(8-11-28-12-9-21)17-6-2-3-7-18(17)22/h2-3,6-7,16H,4-5,8-14H2,1H3,(H,23,27). The number of halogens is 1. The molecule has 2 amide bonds. The largest absolute Gasteiger partial charge is 0.381 e. The summed E-state index contributed by atoms with van der Waals surface area (Å²) in [5.41, 5.74) is 0.883. The molecule has 2 aromatic rings. The number of carbonyl (C=O) groups is 1. The van der Waals surface area contributed by atoms with Crippen LogP contribution in [0.4, 0.5) is 4.79 Å². The van der Waals surface area contributed by atoms with Crippen molar-refractivity contribution in [2.45, 2.75) is 43.9 Å². The lowest BCUT2D eigenvalue weighted by Crippen LogP contribution is -2.50. The quantitative estimate of drug-likeness (QED) is 0.819. The fourth-order valence-electron chi connectivity index (χ4n) is 4.39. The van der Waals surface area contributed by atoms with Gasteiger partial charge in [0.25, 0.3) is 0 Å². The number of carbonyl (C=O) groups excluding carboxylic acids is 1. The molecule has 7 nitrogen and oxygen atoms in total. The minimum atomic E-state index is -0.203. The van der Waals surface area contributed by atoms with Crippen LogP contribution in [0, 0.1) is 6.92 Å². The molecule has 2 aliphatic rings. The zero-order chi connectivity index (χ0) is 20.3. The summed E-state index contributed by atoms with van der Waals surface area (Å²) >= 11 is 6.51. The Morgan fingerprint density at radius 3 is 2.86 bits per heavy atom. The first-order valence-electron chi connectivity index (χ1n) is 10.2. The summed E-state index contributed by atoms with van der Waals surface area (Å²) in [7, 11) is 0. The van der Waals surface area contributed by atoms with E-state index in [0.29, 0.717) is 38.0 Å². The van der Waals surface area contributed by atoms with E-state index in [4.69, 9.17) is 20.9 Å². The number of aromatic nitrogens is 2. The van der Waals surface area contributed by atoms with Crippen LogP contribution in [0.5, 0.6) is 0 Å². The van der Waals surface area contributed by atoms with Gasteiger partial charge in [-0.25, -0.2) is 4.79 Å². The van der Waals surface area contributed by atoms with Crippen molar-refractivity contribution >= 4 is 17.6 Å². The number of amides is 2. The van der Waals surface area contributed by atoms with Gasteiger partial charge in [-0.15, -0.1) is 0 Å². The van der Waals surface area contributed by atoms with Crippen LogP contribution in [0.15, 0.2) is 28.8 Å². The smallest absolute Gasteiger partial charge is 0.317 e. The minimum Gasteiger partial charge on any atom is -0.381 e. The Labute approximate surface area is 175 Å². The number of rotatable bonds is 4. The Morgan fingerprint density at radius 1 is 1.34 bits per heavy atom. The number of piperidine rings is 1. The van der Waals surface area contributed by atoms with Crippen molar-refractivity contribution in [1.82, 2.24) is 20.4 Å². The van der Waals surface area contributed by atoms with Gasteiger partial charge in [0.2, 0.25) is 5.89 Å². The van der Waals surface area contributed by atoms with E-state index in [1.807, 2.05) is 30.0 Å². The van der Waals surface area contributed by atoms with Gasteiger partial charge in [-0.3, -0.25) is 0 Å². The van der Waals surface area contributed by atoms with E-state index in [2.05, 4.69) is 21.5 Å². The number of hydrogen-bond acceptors (Lipinski definition) is 5. The molecule has 4 rings (SSSR count). The number of hydrogen-bond donors (Lipinski definition) is 1. The van der Waals surface area contributed by atoms with Gasteiger partial charge in [-0.05, 0) is 44.2 Å². The van der Waals surface area contributed by atoms with Crippen LogP contribution in [-0.2, 0) is 10.2 Å². The number of nitrogens with zero attached hydrogens (tertiary/aromatic N) is 3. The first kappa shape index (κ1) is 20.2. The number of ether oxygens (including phenoxy) is 1. The Bertz CT molecular complexity index is 850. The van der Waals surface area contributed by atoms with E-state index in [1.165, 1.54) is 0 Å². The fraction of sp³-hybridized carbons (Fsp3) is 0.571. The van der Waals surface area contributed by atoms with Crippen LogP contribution in [0.25, 0.3) is 0 Å². The van der Waals surface area contributed by atoms with E-state index >= 15 is 0 Å². The predicted molar refractivity (Wildman–Crippen MR) is 109 cm³/mol. The van der Waals surface area contributed by atoms with Crippen LogP contribution in [0.1, 0.15) is 48.9 Å². The fourth-order valence-corrected chi connectivity index (χ4v) is 4.73. The zero-order valence-corrected chi connectivity index (χ0v) is 17.5. The molecule has 3 heterocycles. The van der Waals surface area contributed by atoms with Crippen LogP contribution in [0.2, 0.25) is 5.02 Å². The molecule has 29 heavy (non-hydrogen) atoms. The maximum atomic E-state index is 13.0. The Morgan fingerprint density at radius 2 is 2.14 bits per heavy atom. The van der Waals surface area contributed by atoms with Gasteiger partial charge >= 0.3 is 6.03 Å². The molecule has 8 heteroatoms. The highest BCUT2D eigenvalue weighted by atomic mass is 35.5. The molecule has 0 saturated carbocycles. The lowest BCUT2D eigenvalue weighted by atomic mass is 9.74. The third-order valence-electron chi connectivity index (χ3n) is 6.07. The molecule has 1 unspecified atom stereocenters. The highest BCUT2D eigenvalue weighted by Crippen LogP contribution is 2.38. The highest BCUT2D eigenvalue weighted by Gasteiger charge is 2.37. The third-order valence-corrected chi connectivity index (χ3v) is 6.40. The zero-order valence-electron chi connectivity index (χ0n) is 16.7. The molecule has 1 N–H and O–H groups in total. The lowest BCUT2D eigenvalue weighted by Gasteiger charge is -2.39. The molecule has 2 saturated heterocycles. The molecule has 0 bridgehead atoms. The van der Waals surface area contributed by atoms with Crippen molar-refractivity contribution in [1.29, 1.82) is 0 Å². The number of nitrogens with one attached hydrogen (secondary N) is 1. The number of urea groups is 1. The minimum absolute atomic E-state index is 0.0520. The van der Waals surface area contributed by atoms with Crippen molar-refractivity contribution in [3.05, 3.63) is 46.6 Å². The molecule has 0 aliphatic carbocycles. The third kappa shape index (κ3) is 4.41. The van der Waals surface area contributed by atoms with Crippen molar-refractivity contribution in [2.75, 3.05) is 32.8 Å². The monoisotopic (exact) mass is 418 g/mol. The molecule has 1 aromatic carbocycles. The molecular formula is C21H27ClN4O3. The molecule has 1 aromatic heterocycles. The van der Waals surface area contributed by atoms with Gasteiger partial charge in [0.05, 0.1) is 5.92 Å². The molecule has 2 aliphatic heterocycles. The highest BCUT2D eigenvalue weighted by molar-refractivity contribution is 6.31. The number of aryl methyl sites for hydroxylation is 1. The van der Waals surface area contributed by atoms with E-state index in [-0.39, 0.29) is 17.4 Å². The molecule has 2 fully saturated rings. The van der Waals surface area contributed by atoms with Gasteiger partial charge < -0.3 is 19.5 Å². The SMILES string of the molecule is Cc1noc(C2CCCN(C(=O)NCC3(c4ccccc4Cl)CCOCC3)C2)n1.